The van der Waals surface area contributed by atoms with Gasteiger partial charge in [-0.3, -0.25) is 4.79 Å². The Kier molecular flexibility index (Phi) is 4.47. The first-order valence-electron chi connectivity index (χ1n) is 13.0. The molecule has 31 heavy (non-hydrogen) atoms. The molecule has 2 unspecified atom stereocenters. The van der Waals surface area contributed by atoms with Gasteiger partial charge in [-0.1, -0.05) is 0 Å². The number of ether oxygens (including phenoxy) is 3. The summed E-state index contributed by atoms with van der Waals surface area (Å²) in [6, 6.07) is 0. The molecule has 0 aromatic carbocycles. The highest BCUT2D eigenvalue weighted by molar-refractivity contribution is 8.00. The van der Waals surface area contributed by atoms with Crippen molar-refractivity contribution in [1.82, 2.24) is 0 Å². The van der Waals surface area contributed by atoms with Gasteiger partial charge in [0.15, 0.2) is 5.79 Å². The predicted molar refractivity (Wildman–Crippen MR) is 119 cm³/mol. The molecular formula is C26H38O4S. The maximum absolute atomic E-state index is 13.4. The largest absolute Gasteiger partial charge is 0.465 e. The first-order valence-corrected chi connectivity index (χ1v) is 14.2. The van der Waals surface area contributed by atoms with Crippen molar-refractivity contribution in [3.8, 4) is 0 Å². The zero-order valence-corrected chi connectivity index (χ0v) is 19.8. The van der Waals surface area contributed by atoms with Gasteiger partial charge in [0, 0.05) is 22.5 Å². The normalized spacial score (nSPS) is 56.4. The maximum Gasteiger partial charge on any atom is 0.312 e. The smallest absolute Gasteiger partial charge is 0.312 e. The molecule has 8 saturated carbocycles. The second-order valence-electron chi connectivity index (χ2n) is 12.7. The fraction of sp³-hybridized carbons (Fsp3) is 0.962. The molecule has 1 spiro atoms. The second-order valence-corrected chi connectivity index (χ2v) is 14.0. The van der Waals surface area contributed by atoms with E-state index in [4.69, 9.17) is 14.2 Å². The van der Waals surface area contributed by atoms with E-state index in [1.165, 1.54) is 51.4 Å². The van der Waals surface area contributed by atoms with E-state index in [9.17, 15) is 4.79 Å². The number of thioether (sulfide) groups is 1. The fourth-order valence-corrected chi connectivity index (χ4v) is 11.2. The van der Waals surface area contributed by atoms with E-state index in [1.807, 2.05) is 11.8 Å². The third kappa shape index (κ3) is 2.97. The summed E-state index contributed by atoms with van der Waals surface area (Å²) >= 11 is 2.02. The standard InChI is InChI=1S/C26H38O4S/c1-31-25-10-18-3-19(11-25)9-24(8-18,15-25)23(27)28-12-20-13-29-26(30-14-20)21-4-16-2-17(6-21)7-22(26)5-16/h16-22H,2-15H2,1H3. The van der Waals surface area contributed by atoms with Crippen LogP contribution in [0.15, 0.2) is 0 Å². The summed E-state index contributed by atoms with van der Waals surface area (Å²) in [6.45, 7) is 1.87. The van der Waals surface area contributed by atoms with Crippen LogP contribution in [0, 0.1) is 46.8 Å². The molecule has 0 N–H and O–H groups in total. The van der Waals surface area contributed by atoms with Gasteiger partial charge in [-0.2, -0.15) is 11.8 Å². The highest BCUT2D eigenvalue weighted by Crippen LogP contribution is 2.65. The van der Waals surface area contributed by atoms with Crippen LogP contribution >= 0.6 is 11.8 Å². The first kappa shape index (κ1) is 20.1. The van der Waals surface area contributed by atoms with E-state index in [0.717, 1.165) is 42.9 Å². The van der Waals surface area contributed by atoms with Crippen LogP contribution in [0.4, 0.5) is 0 Å². The summed E-state index contributed by atoms with van der Waals surface area (Å²) in [7, 11) is 0. The Morgan fingerprint density at radius 1 is 0.871 bits per heavy atom. The molecule has 9 fully saturated rings. The molecule has 1 saturated heterocycles. The summed E-state index contributed by atoms with van der Waals surface area (Å²) in [5.41, 5.74) is -0.202. The summed E-state index contributed by atoms with van der Waals surface area (Å²) in [4.78, 5) is 13.4. The van der Waals surface area contributed by atoms with Gasteiger partial charge in [-0.05, 0) is 101 Å². The van der Waals surface area contributed by atoms with Crippen molar-refractivity contribution in [2.24, 2.45) is 46.8 Å². The summed E-state index contributed by atoms with van der Waals surface area (Å²) < 4.78 is 19.5. The zero-order chi connectivity index (χ0) is 20.8. The van der Waals surface area contributed by atoms with E-state index in [0.29, 0.717) is 36.4 Å². The minimum Gasteiger partial charge on any atom is -0.465 e. The highest BCUT2D eigenvalue weighted by Gasteiger charge is 2.62. The number of rotatable bonds is 4. The molecule has 0 aromatic rings. The number of hydrogen-bond acceptors (Lipinski definition) is 5. The summed E-state index contributed by atoms with van der Waals surface area (Å²) in [6.07, 6.45) is 16.0. The van der Waals surface area contributed by atoms with Crippen LogP contribution < -0.4 is 0 Å². The summed E-state index contributed by atoms with van der Waals surface area (Å²) in [5.74, 6) is 4.49. The van der Waals surface area contributed by atoms with Crippen LogP contribution in [0.2, 0.25) is 0 Å². The van der Waals surface area contributed by atoms with Crippen LogP contribution in [0.3, 0.4) is 0 Å². The van der Waals surface area contributed by atoms with E-state index in [2.05, 4.69) is 6.26 Å². The number of carbonyl (C=O) groups excluding carboxylic acids is 1. The van der Waals surface area contributed by atoms with E-state index in [-0.39, 0.29) is 23.1 Å². The zero-order valence-electron chi connectivity index (χ0n) is 19.0. The number of carbonyl (C=O) groups is 1. The minimum atomic E-state index is -0.307. The van der Waals surface area contributed by atoms with Crippen LogP contribution in [0.1, 0.15) is 70.6 Å². The van der Waals surface area contributed by atoms with Crippen molar-refractivity contribution in [3.63, 3.8) is 0 Å². The molecule has 9 rings (SSSR count). The lowest BCUT2D eigenvalue weighted by Gasteiger charge is -2.61. The lowest BCUT2D eigenvalue weighted by molar-refractivity contribution is -0.369. The Morgan fingerprint density at radius 3 is 2.03 bits per heavy atom. The van der Waals surface area contributed by atoms with Gasteiger partial charge in [-0.25, -0.2) is 0 Å². The molecule has 9 aliphatic rings. The molecule has 1 heterocycles. The van der Waals surface area contributed by atoms with Crippen molar-refractivity contribution < 1.29 is 19.0 Å². The van der Waals surface area contributed by atoms with Crippen LogP contribution in [-0.2, 0) is 19.0 Å². The van der Waals surface area contributed by atoms with Gasteiger partial charge in [0.2, 0.25) is 0 Å². The van der Waals surface area contributed by atoms with Crippen molar-refractivity contribution in [2.45, 2.75) is 81.2 Å². The number of esters is 1. The quantitative estimate of drug-likeness (QED) is 0.566. The first-order chi connectivity index (χ1) is 15.0. The van der Waals surface area contributed by atoms with Crippen molar-refractivity contribution in [1.29, 1.82) is 0 Å². The van der Waals surface area contributed by atoms with Gasteiger partial charge in [0.05, 0.1) is 25.2 Å². The lowest BCUT2D eigenvalue weighted by Crippen LogP contribution is -2.63. The maximum atomic E-state index is 13.4. The molecular weight excluding hydrogens is 408 g/mol. The monoisotopic (exact) mass is 446 g/mol. The van der Waals surface area contributed by atoms with E-state index in [1.54, 1.807) is 0 Å². The average Bonchev–Trinajstić information content (AvgIpc) is 2.75. The van der Waals surface area contributed by atoms with E-state index < -0.39 is 0 Å². The third-order valence-electron chi connectivity index (χ3n) is 10.7. The molecule has 4 nitrogen and oxygen atoms in total. The van der Waals surface area contributed by atoms with Gasteiger partial charge in [-0.15, -0.1) is 0 Å². The molecule has 8 aliphatic carbocycles. The Bertz CT molecular complexity index is 713. The van der Waals surface area contributed by atoms with Crippen LogP contribution in [0.25, 0.3) is 0 Å². The molecule has 172 valence electrons. The topological polar surface area (TPSA) is 44.8 Å². The van der Waals surface area contributed by atoms with Crippen LogP contribution in [0.5, 0.6) is 0 Å². The van der Waals surface area contributed by atoms with Gasteiger partial charge in [0.25, 0.3) is 0 Å². The van der Waals surface area contributed by atoms with Crippen molar-refractivity contribution in [2.75, 3.05) is 26.1 Å². The average molecular weight is 447 g/mol. The molecule has 1 aliphatic heterocycles. The SMILES string of the molecule is CSC12CC3CC(C1)CC(C(=O)OCC1COC4(OC1)C1CC5CC(C1)CC4C5)(C3)C2. The molecule has 0 radical (unpaired) electrons. The minimum absolute atomic E-state index is 0.0925. The Balaban J connectivity index is 0.981. The van der Waals surface area contributed by atoms with Gasteiger partial charge in [0.1, 0.15) is 0 Å². The van der Waals surface area contributed by atoms with Gasteiger partial charge >= 0.3 is 5.97 Å². The predicted octanol–water partition coefficient (Wildman–Crippen LogP) is 5.05. The highest BCUT2D eigenvalue weighted by atomic mass is 32.2. The summed E-state index contributed by atoms with van der Waals surface area (Å²) in [5, 5.41) is 0. The second kappa shape index (κ2) is 6.88. The van der Waals surface area contributed by atoms with Crippen molar-refractivity contribution in [3.05, 3.63) is 0 Å². The third-order valence-corrected chi connectivity index (χ3v) is 12.0. The Hall–Kier alpha value is -0.260. The van der Waals surface area contributed by atoms with Crippen molar-refractivity contribution >= 4 is 17.7 Å². The Morgan fingerprint density at radius 2 is 1.45 bits per heavy atom. The molecule has 8 bridgehead atoms. The number of hydrogen-bond donors (Lipinski definition) is 0. The molecule has 0 aromatic heterocycles. The molecule has 0 amide bonds. The fourth-order valence-electron chi connectivity index (χ4n) is 10.00. The van der Waals surface area contributed by atoms with E-state index >= 15 is 0 Å². The molecule has 2 atom stereocenters. The van der Waals surface area contributed by atoms with Crippen LogP contribution in [-0.4, -0.2) is 42.6 Å². The Labute approximate surface area is 190 Å². The van der Waals surface area contributed by atoms with Gasteiger partial charge < -0.3 is 14.2 Å². The lowest BCUT2D eigenvalue weighted by atomic mass is 9.49. The molecule has 5 heteroatoms.